The Kier molecular flexibility index (Phi) is 6.82. The van der Waals surface area contributed by atoms with E-state index in [-0.39, 0.29) is 11.7 Å². The van der Waals surface area contributed by atoms with Gasteiger partial charge >= 0.3 is 0 Å². The lowest BCUT2D eigenvalue weighted by Crippen LogP contribution is -2.52. The van der Waals surface area contributed by atoms with Crippen LogP contribution in [0.1, 0.15) is 43.6 Å². The van der Waals surface area contributed by atoms with E-state index in [0.29, 0.717) is 18.3 Å². The molecule has 0 spiro atoms. The van der Waals surface area contributed by atoms with Gasteiger partial charge in [-0.2, -0.15) is 5.10 Å². The second-order valence-corrected chi connectivity index (χ2v) is 10.7. The minimum Gasteiger partial charge on any atom is -0.378 e. The van der Waals surface area contributed by atoms with Gasteiger partial charge in [0.05, 0.1) is 43.1 Å². The number of aryl methyl sites for hydroxylation is 1. The number of hydrogen-bond acceptors (Lipinski definition) is 7. The number of Topliss-reactive ketones (excluding diaryl/α,β-unsaturated/α-hetero) is 1. The zero-order valence-electron chi connectivity index (χ0n) is 21.2. The van der Waals surface area contributed by atoms with E-state index < -0.39 is 0 Å². The maximum absolute atomic E-state index is 13.0. The Bertz CT molecular complexity index is 1220. The molecule has 0 unspecified atom stereocenters. The van der Waals surface area contributed by atoms with Crippen LogP contribution in [-0.2, 0) is 29.5 Å². The van der Waals surface area contributed by atoms with E-state index in [1.165, 1.54) is 25.0 Å². The van der Waals surface area contributed by atoms with Crippen molar-refractivity contribution in [3.8, 4) is 11.1 Å². The second-order valence-electron chi connectivity index (χ2n) is 10.7. The molecule has 1 aromatic carbocycles. The van der Waals surface area contributed by atoms with Crippen LogP contribution in [0.15, 0.2) is 30.6 Å². The van der Waals surface area contributed by atoms with Crippen LogP contribution in [0, 0.1) is 5.92 Å². The lowest BCUT2D eigenvalue weighted by Gasteiger charge is -2.41. The van der Waals surface area contributed by atoms with Gasteiger partial charge in [-0.25, -0.2) is 9.97 Å². The molecule has 5 heterocycles. The quantitative estimate of drug-likeness (QED) is 0.505. The molecule has 0 radical (unpaired) electrons. The molecule has 3 fully saturated rings. The summed E-state index contributed by atoms with van der Waals surface area (Å²) in [6, 6.07) is 6.89. The third kappa shape index (κ3) is 4.94. The molecule has 0 atom stereocenters. The number of benzene rings is 1. The van der Waals surface area contributed by atoms with Gasteiger partial charge in [0.1, 0.15) is 11.6 Å². The third-order valence-electron chi connectivity index (χ3n) is 8.28. The van der Waals surface area contributed by atoms with Crippen molar-refractivity contribution in [2.45, 2.75) is 51.1 Å². The smallest absolute Gasteiger partial charge is 0.143 e. The number of carbonyl (C=O) groups excluding carboxylic acids is 1. The van der Waals surface area contributed by atoms with E-state index in [2.05, 4.69) is 38.1 Å². The number of nitrogens with zero attached hydrogens (tertiary/aromatic N) is 6. The molecule has 190 valence electrons. The van der Waals surface area contributed by atoms with Crippen molar-refractivity contribution in [3.63, 3.8) is 0 Å². The SMILES string of the molecule is Cn1ncc(-c2ccc3cnc(CC(=O)C4CCN(C5COC5)CC4)nc3c2)c1CN1CCCCC1. The number of piperidine rings is 2. The fraction of sp³-hybridized carbons (Fsp3) is 0.571. The van der Waals surface area contributed by atoms with Crippen molar-refractivity contribution >= 4 is 16.7 Å². The van der Waals surface area contributed by atoms with Crippen molar-refractivity contribution in [2.75, 3.05) is 39.4 Å². The summed E-state index contributed by atoms with van der Waals surface area (Å²) >= 11 is 0. The summed E-state index contributed by atoms with van der Waals surface area (Å²) in [6.45, 7) is 6.87. The van der Waals surface area contributed by atoms with Gasteiger partial charge in [0.25, 0.3) is 0 Å². The molecule has 2 aromatic heterocycles. The molecule has 36 heavy (non-hydrogen) atoms. The van der Waals surface area contributed by atoms with Gasteiger partial charge in [-0.1, -0.05) is 18.6 Å². The minimum absolute atomic E-state index is 0.112. The fourth-order valence-electron chi connectivity index (χ4n) is 5.86. The number of aromatic nitrogens is 4. The molecule has 3 aromatic rings. The Balaban J connectivity index is 1.16. The standard InChI is InChI=1S/C28H36N6O2/c1-32-26(17-33-9-3-2-4-10-33)24(16-30-32)21-5-6-22-15-29-28(31-25(22)13-21)14-27(35)20-7-11-34(12-8-20)23-18-36-19-23/h5-6,13,15-16,20,23H,2-4,7-12,14,17-19H2,1H3. The number of likely N-dealkylation sites (tertiary alicyclic amines) is 2. The number of ether oxygens (including phenoxy) is 1. The highest BCUT2D eigenvalue weighted by Gasteiger charge is 2.32. The normalized spacial score (nSPS) is 20.6. The molecule has 8 nitrogen and oxygen atoms in total. The average Bonchev–Trinajstić information content (AvgIpc) is 3.23. The topological polar surface area (TPSA) is 76.4 Å². The highest BCUT2D eigenvalue weighted by Crippen LogP contribution is 2.28. The van der Waals surface area contributed by atoms with Crippen molar-refractivity contribution < 1.29 is 9.53 Å². The summed E-state index contributed by atoms with van der Waals surface area (Å²) in [5.74, 6) is 1.01. The van der Waals surface area contributed by atoms with Crippen molar-refractivity contribution in [3.05, 3.63) is 42.1 Å². The van der Waals surface area contributed by atoms with E-state index in [1.54, 1.807) is 0 Å². The minimum atomic E-state index is 0.112. The third-order valence-corrected chi connectivity index (χ3v) is 8.28. The highest BCUT2D eigenvalue weighted by atomic mass is 16.5. The van der Waals surface area contributed by atoms with E-state index >= 15 is 0 Å². The Morgan fingerprint density at radius 2 is 1.86 bits per heavy atom. The monoisotopic (exact) mass is 488 g/mol. The molecule has 0 aliphatic carbocycles. The van der Waals surface area contributed by atoms with Gasteiger partial charge in [0, 0.05) is 36.7 Å². The number of fused-ring (bicyclic) bond motifs is 1. The van der Waals surface area contributed by atoms with Gasteiger partial charge in [0.2, 0.25) is 0 Å². The van der Waals surface area contributed by atoms with E-state index in [0.717, 1.165) is 80.8 Å². The summed E-state index contributed by atoms with van der Waals surface area (Å²) in [4.78, 5) is 27.4. The molecule has 3 aliphatic rings. The molecule has 8 heteroatoms. The summed E-state index contributed by atoms with van der Waals surface area (Å²) in [7, 11) is 2.03. The summed E-state index contributed by atoms with van der Waals surface area (Å²) < 4.78 is 7.32. The van der Waals surface area contributed by atoms with Crippen LogP contribution in [0.2, 0.25) is 0 Å². The van der Waals surface area contributed by atoms with Gasteiger partial charge in [-0.05, 0) is 63.5 Å². The number of hydrogen-bond donors (Lipinski definition) is 0. The maximum Gasteiger partial charge on any atom is 0.143 e. The summed E-state index contributed by atoms with van der Waals surface area (Å²) in [6.07, 6.45) is 9.86. The first-order valence-electron chi connectivity index (χ1n) is 13.5. The predicted octanol–water partition coefficient (Wildman–Crippen LogP) is 3.24. The molecule has 0 N–H and O–H groups in total. The summed E-state index contributed by atoms with van der Waals surface area (Å²) in [5, 5.41) is 5.57. The molecule has 6 rings (SSSR count). The molecule has 0 bridgehead atoms. The van der Waals surface area contributed by atoms with E-state index in [4.69, 9.17) is 9.72 Å². The van der Waals surface area contributed by atoms with Gasteiger partial charge in [0.15, 0.2) is 0 Å². The van der Waals surface area contributed by atoms with Gasteiger partial charge in [-0.15, -0.1) is 0 Å². The number of carbonyl (C=O) groups is 1. The predicted molar refractivity (Wildman–Crippen MR) is 138 cm³/mol. The zero-order chi connectivity index (χ0) is 24.5. The Hall–Kier alpha value is -2.68. The van der Waals surface area contributed by atoms with E-state index in [9.17, 15) is 4.79 Å². The number of ketones is 1. The molecule has 3 saturated heterocycles. The fourth-order valence-corrected chi connectivity index (χ4v) is 5.86. The van der Waals surface area contributed by atoms with Crippen molar-refractivity contribution in [1.82, 2.24) is 29.5 Å². The van der Waals surface area contributed by atoms with E-state index in [1.807, 2.05) is 24.1 Å². The number of rotatable bonds is 7. The first-order chi connectivity index (χ1) is 17.6. The molecule has 0 saturated carbocycles. The van der Waals surface area contributed by atoms with Crippen LogP contribution in [0.25, 0.3) is 22.0 Å². The average molecular weight is 489 g/mol. The Morgan fingerprint density at radius 3 is 2.61 bits per heavy atom. The van der Waals surface area contributed by atoms with Crippen LogP contribution in [0.3, 0.4) is 0 Å². The van der Waals surface area contributed by atoms with Crippen molar-refractivity contribution in [1.29, 1.82) is 0 Å². The molecule has 0 amide bonds. The molecular weight excluding hydrogens is 452 g/mol. The molecule has 3 aliphatic heterocycles. The van der Waals surface area contributed by atoms with Crippen LogP contribution in [-0.4, -0.2) is 80.8 Å². The van der Waals surface area contributed by atoms with Crippen LogP contribution < -0.4 is 0 Å². The van der Waals surface area contributed by atoms with Crippen LogP contribution in [0.5, 0.6) is 0 Å². The van der Waals surface area contributed by atoms with Crippen molar-refractivity contribution in [2.24, 2.45) is 13.0 Å². The lowest BCUT2D eigenvalue weighted by molar-refractivity contribution is -0.125. The lowest BCUT2D eigenvalue weighted by atomic mass is 9.90. The molecular formula is C28H36N6O2. The largest absolute Gasteiger partial charge is 0.378 e. The first-order valence-corrected chi connectivity index (χ1v) is 13.5. The van der Waals surface area contributed by atoms with Gasteiger partial charge < -0.3 is 4.74 Å². The Labute approximate surface area is 212 Å². The highest BCUT2D eigenvalue weighted by molar-refractivity contribution is 5.86. The second kappa shape index (κ2) is 10.4. The van der Waals surface area contributed by atoms with Crippen LogP contribution >= 0.6 is 0 Å². The summed E-state index contributed by atoms with van der Waals surface area (Å²) in [5.41, 5.74) is 4.40. The van der Waals surface area contributed by atoms with Crippen LogP contribution in [0.4, 0.5) is 0 Å². The Morgan fingerprint density at radius 1 is 1.06 bits per heavy atom. The maximum atomic E-state index is 13.0. The van der Waals surface area contributed by atoms with Gasteiger partial charge in [-0.3, -0.25) is 19.3 Å². The first kappa shape index (κ1) is 23.7. The zero-order valence-corrected chi connectivity index (χ0v) is 21.2.